The van der Waals surface area contributed by atoms with Gasteiger partial charge in [0.05, 0.1) is 12.0 Å². The molecule has 2 N–H and O–H groups in total. The highest BCUT2D eigenvalue weighted by molar-refractivity contribution is 7.14. The molecule has 0 bridgehead atoms. The highest BCUT2D eigenvalue weighted by Crippen LogP contribution is 2.28. The summed E-state index contributed by atoms with van der Waals surface area (Å²) in [6.07, 6.45) is 1.49. The van der Waals surface area contributed by atoms with E-state index >= 15 is 0 Å². The number of rotatable bonds is 2. The number of amides is 1. The molecule has 18 heavy (non-hydrogen) atoms. The summed E-state index contributed by atoms with van der Waals surface area (Å²) in [6, 6.07) is 1.22. The van der Waals surface area contributed by atoms with Gasteiger partial charge in [-0.3, -0.25) is 4.79 Å². The molecule has 1 amide bonds. The summed E-state index contributed by atoms with van der Waals surface area (Å²) < 4.78 is 4.73. The Kier molecular flexibility index (Phi) is 3.56. The molecular weight excluding hydrogens is 252 g/mol. The van der Waals surface area contributed by atoms with Crippen LogP contribution in [0.15, 0.2) is 6.07 Å². The molecule has 98 valence electrons. The van der Waals surface area contributed by atoms with Crippen LogP contribution in [0.1, 0.15) is 27.4 Å². The van der Waals surface area contributed by atoms with Crippen LogP contribution in [0.3, 0.4) is 0 Å². The number of aryl methyl sites for hydroxylation is 1. The van der Waals surface area contributed by atoms with Crippen LogP contribution in [0, 0.1) is 6.92 Å². The maximum absolute atomic E-state index is 12.3. The largest absolute Gasteiger partial charge is 0.467 e. The van der Waals surface area contributed by atoms with Gasteiger partial charge in [0.25, 0.3) is 5.91 Å². The Labute approximate surface area is 110 Å². The third kappa shape index (κ3) is 2.20. The molecule has 1 aromatic rings. The number of anilines is 1. The number of carbonyl (C=O) groups is 2. The van der Waals surface area contributed by atoms with Crippen molar-refractivity contribution in [3.63, 3.8) is 0 Å². The quantitative estimate of drug-likeness (QED) is 0.823. The second kappa shape index (κ2) is 4.97. The van der Waals surface area contributed by atoms with Crippen molar-refractivity contribution in [2.45, 2.75) is 25.8 Å². The second-order valence-electron chi connectivity index (χ2n) is 4.30. The minimum Gasteiger partial charge on any atom is -0.467 e. The number of esters is 1. The Balaban J connectivity index is 2.20. The van der Waals surface area contributed by atoms with Crippen LogP contribution in [0.25, 0.3) is 0 Å². The molecule has 2 heterocycles. The molecule has 0 radical (unpaired) electrons. The van der Waals surface area contributed by atoms with Gasteiger partial charge in [-0.25, -0.2) is 4.79 Å². The van der Waals surface area contributed by atoms with E-state index in [0.29, 0.717) is 23.5 Å². The first-order chi connectivity index (χ1) is 8.54. The Morgan fingerprint density at radius 2 is 2.28 bits per heavy atom. The van der Waals surface area contributed by atoms with Crippen molar-refractivity contribution in [1.82, 2.24) is 4.90 Å². The lowest BCUT2D eigenvalue weighted by Gasteiger charge is -2.21. The van der Waals surface area contributed by atoms with E-state index < -0.39 is 6.04 Å². The fourth-order valence-corrected chi connectivity index (χ4v) is 3.03. The number of nitrogen functional groups attached to an aromatic ring is 1. The first-order valence-electron chi connectivity index (χ1n) is 5.79. The van der Waals surface area contributed by atoms with Crippen LogP contribution < -0.4 is 5.73 Å². The predicted octanol–water partition coefficient (Wildman–Crippen LogP) is 1.42. The number of likely N-dealkylation sites (tertiary alicyclic amines) is 1. The van der Waals surface area contributed by atoms with Gasteiger partial charge in [-0.2, -0.15) is 0 Å². The maximum atomic E-state index is 12.3. The van der Waals surface area contributed by atoms with Gasteiger partial charge in [-0.05, 0) is 25.8 Å². The number of nitrogens with zero attached hydrogens (tertiary/aromatic N) is 1. The van der Waals surface area contributed by atoms with Gasteiger partial charge in [-0.15, -0.1) is 11.3 Å². The highest BCUT2D eigenvalue weighted by Gasteiger charge is 2.35. The molecule has 0 aromatic carbocycles. The van der Waals surface area contributed by atoms with E-state index in [1.165, 1.54) is 18.4 Å². The molecule has 2 rings (SSSR count). The van der Waals surface area contributed by atoms with E-state index in [1.807, 2.05) is 6.92 Å². The lowest BCUT2D eigenvalue weighted by molar-refractivity contribution is -0.145. The minimum atomic E-state index is -0.453. The molecule has 1 aliphatic heterocycles. The number of carbonyl (C=O) groups excluding carboxylic acids is 2. The summed E-state index contributed by atoms with van der Waals surface area (Å²) >= 11 is 1.36. The smallest absolute Gasteiger partial charge is 0.328 e. The predicted molar refractivity (Wildman–Crippen MR) is 69.5 cm³/mol. The Bertz CT molecular complexity index is 464. The zero-order valence-electron chi connectivity index (χ0n) is 10.4. The molecule has 0 spiro atoms. The van der Waals surface area contributed by atoms with Crippen molar-refractivity contribution < 1.29 is 14.3 Å². The summed E-state index contributed by atoms with van der Waals surface area (Å²) in [5.41, 5.74) is 6.37. The van der Waals surface area contributed by atoms with E-state index in [-0.39, 0.29) is 11.9 Å². The molecular formula is C12H16N2O3S. The van der Waals surface area contributed by atoms with Gasteiger partial charge < -0.3 is 15.4 Å². The highest BCUT2D eigenvalue weighted by atomic mass is 32.1. The van der Waals surface area contributed by atoms with Gasteiger partial charge in [0.2, 0.25) is 0 Å². The van der Waals surface area contributed by atoms with Crippen molar-refractivity contribution in [2.24, 2.45) is 0 Å². The lowest BCUT2D eigenvalue weighted by Crippen LogP contribution is -2.40. The Hall–Kier alpha value is -1.56. The summed E-state index contributed by atoms with van der Waals surface area (Å²) in [5.74, 6) is -0.477. The van der Waals surface area contributed by atoms with E-state index in [4.69, 9.17) is 10.5 Å². The summed E-state index contributed by atoms with van der Waals surface area (Å²) in [7, 11) is 1.34. The van der Waals surface area contributed by atoms with Crippen LogP contribution in [0.4, 0.5) is 5.69 Å². The minimum absolute atomic E-state index is 0.132. The SMILES string of the molecule is COC(=O)C1CCCN1C(=O)c1cc(N)c(C)s1. The molecule has 1 fully saturated rings. The molecule has 0 aliphatic carbocycles. The average Bonchev–Trinajstić information content (AvgIpc) is 2.95. The molecule has 1 aromatic heterocycles. The molecule has 0 saturated carbocycles. The fourth-order valence-electron chi connectivity index (χ4n) is 2.13. The van der Waals surface area contributed by atoms with Crippen LogP contribution in [-0.2, 0) is 9.53 Å². The fraction of sp³-hybridized carbons (Fsp3) is 0.500. The monoisotopic (exact) mass is 268 g/mol. The molecule has 5 nitrogen and oxygen atoms in total. The molecule has 6 heteroatoms. The van der Waals surface area contributed by atoms with E-state index in [0.717, 1.165) is 11.3 Å². The Morgan fingerprint density at radius 1 is 1.56 bits per heavy atom. The van der Waals surface area contributed by atoms with E-state index in [9.17, 15) is 9.59 Å². The van der Waals surface area contributed by atoms with Gasteiger partial charge in [0.1, 0.15) is 6.04 Å². The van der Waals surface area contributed by atoms with E-state index in [2.05, 4.69) is 0 Å². The number of nitrogens with two attached hydrogens (primary N) is 1. The van der Waals surface area contributed by atoms with Gasteiger partial charge in [0, 0.05) is 17.1 Å². The first kappa shape index (κ1) is 12.9. The van der Waals surface area contributed by atoms with Crippen molar-refractivity contribution in [2.75, 3.05) is 19.4 Å². The number of hydrogen-bond acceptors (Lipinski definition) is 5. The lowest BCUT2D eigenvalue weighted by atomic mass is 10.2. The third-order valence-electron chi connectivity index (χ3n) is 3.15. The Morgan fingerprint density at radius 3 is 2.83 bits per heavy atom. The molecule has 1 aliphatic rings. The number of ether oxygens (including phenoxy) is 1. The van der Waals surface area contributed by atoms with Crippen molar-refractivity contribution in [3.8, 4) is 0 Å². The number of hydrogen-bond donors (Lipinski definition) is 1. The average molecular weight is 268 g/mol. The molecule has 1 unspecified atom stereocenters. The number of methoxy groups -OCH3 is 1. The van der Waals surface area contributed by atoms with E-state index in [1.54, 1.807) is 11.0 Å². The summed E-state index contributed by atoms with van der Waals surface area (Å²) in [5, 5.41) is 0. The third-order valence-corrected chi connectivity index (χ3v) is 4.21. The van der Waals surface area contributed by atoms with Gasteiger partial charge in [0.15, 0.2) is 0 Å². The molecule has 1 atom stereocenters. The standard InChI is InChI=1S/C12H16N2O3S/c1-7-8(13)6-10(18-7)11(15)14-5-3-4-9(14)12(16)17-2/h6,9H,3-5,13H2,1-2H3. The van der Waals surface area contributed by atoms with Crippen LogP contribution >= 0.6 is 11.3 Å². The number of thiophene rings is 1. The van der Waals surface area contributed by atoms with Crippen molar-refractivity contribution in [1.29, 1.82) is 0 Å². The van der Waals surface area contributed by atoms with Gasteiger partial charge >= 0.3 is 5.97 Å². The second-order valence-corrected chi connectivity index (χ2v) is 5.56. The topological polar surface area (TPSA) is 72.6 Å². The zero-order valence-corrected chi connectivity index (χ0v) is 11.3. The van der Waals surface area contributed by atoms with Crippen LogP contribution in [-0.4, -0.2) is 36.5 Å². The summed E-state index contributed by atoms with van der Waals surface area (Å²) in [6.45, 7) is 2.47. The van der Waals surface area contributed by atoms with Crippen LogP contribution in [0.5, 0.6) is 0 Å². The molecule has 1 saturated heterocycles. The maximum Gasteiger partial charge on any atom is 0.328 e. The normalized spacial score (nSPS) is 19.0. The van der Waals surface area contributed by atoms with Crippen LogP contribution in [0.2, 0.25) is 0 Å². The van der Waals surface area contributed by atoms with Crippen molar-refractivity contribution in [3.05, 3.63) is 15.8 Å². The van der Waals surface area contributed by atoms with Crippen molar-refractivity contribution >= 4 is 28.9 Å². The zero-order chi connectivity index (χ0) is 13.3. The summed E-state index contributed by atoms with van der Waals surface area (Å²) in [4.78, 5) is 27.0. The van der Waals surface area contributed by atoms with Gasteiger partial charge in [-0.1, -0.05) is 0 Å². The first-order valence-corrected chi connectivity index (χ1v) is 6.61.